The van der Waals surface area contributed by atoms with Gasteiger partial charge in [0.25, 0.3) is 0 Å². The summed E-state index contributed by atoms with van der Waals surface area (Å²) in [5.41, 5.74) is 1.79. The van der Waals surface area contributed by atoms with E-state index in [4.69, 9.17) is 28.0 Å². The number of rotatable bonds is 4. The van der Waals surface area contributed by atoms with Gasteiger partial charge in [0.05, 0.1) is 15.8 Å². The fourth-order valence-electron chi connectivity index (χ4n) is 2.84. The van der Waals surface area contributed by atoms with Gasteiger partial charge in [-0.1, -0.05) is 47.8 Å². The summed E-state index contributed by atoms with van der Waals surface area (Å²) in [6.07, 6.45) is 4.91. The SMILES string of the molecule is CCCC1C(c2c(Cl)cccc2Cl)=NOC1C1CC1. The molecular weight excluding hydrogens is 281 g/mol. The molecular formula is C15H17Cl2NO. The Morgan fingerprint density at radius 1 is 1.26 bits per heavy atom. The van der Waals surface area contributed by atoms with Gasteiger partial charge in [-0.05, 0) is 37.3 Å². The highest BCUT2D eigenvalue weighted by Crippen LogP contribution is 2.44. The van der Waals surface area contributed by atoms with Crippen molar-refractivity contribution in [2.45, 2.75) is 38.7 Å². The van der Waals surface area contributed by atoms with E-state index in [0.29, 0.717) is 21.9 Å². The Morgan fingerprint density at radius 2 is 1.95 bits per heavy atom. The molecule has 0 spiro atoms. The lowest BCUT2D eigenvalue weighted by Gasteiger charge is -2.18. The Balaban J connectivity index is 1.94. The van der Waals surface area contributed by atoms with E-state index >= 15 is 0 Å². The van der Waals surface area contributed by atoms with Gasteiger partial charge in [-0.15, -0.1) is 0 Å². The molecule has 1 heterocycles. The molecule has 0 bridgehead atoms. The van der Waals surface area contributed by atoms with Crippen molar-refractivity contribution in [3.63, 3.8) is 0 Å². The second kappa shape index (κ2) is 5.34. The molecule has 2 unspecified atom stereocenters. The molecule has 1 aliphatic heterocycles. The first-order valence-corrected chi connectivity index (χ1v) is 7.66. The molecule has 0 amide bonds. The van der Waals surface area contributed by atoms with Crippen molar-refractivity contribution < 1.29 is 4.84 Å². The molecule has 1 aromatic rings. The second-order valence-electron chi connectivity index (χ2n) is 5.38. The standard InChI is InChI=1S/C15H17Cl2NO/c1-2-4-10-14(18-19-15(10)9-7-8-9)13-11(16)5-3-6-12(13)17/h3,5-6,9-10,15H,2,4,7-8H2,1H3. The fraction of sp³-hybridized carbons (Fsp3) is 0.533. The molecule has 0 saturated heterocycles. The quantitative estimate of drug-likeness (QED) is 0.773. The van der Waals surface area contributed by atoms with Crippen molar-refractivity contribution in [3.05, 3.63) is 33.8 Å². The van der Waals surface area contributed by atoms with Gasteiger partial charge < -0.3 is 4.84 Å². The highest BCUT2D eigenvalue weighted by atomic mass is 35.5. The van der Waals surface area contributed by atoms with Crippen molar-refractivity contribution in [1.82, 2.24) is 0 Å². The van der Waals surface area contributed by atoms with Crippen LogP contribution in [0, 0.1) is 11.8 Å². The van der Waals surface area contributed by atoms with E-state index in [1.54, 1.807) is 0 Å². The van der Waals surface area contributed by atoms with E-state index in [1.807, 2.05) is 18.2 Å². The Morgan fingerprint density at radius 3 is 2.53 bits per heavy atom. The summed E-state index contributed by atoms with van der Waals surface area (Å²) in [5, 5.41) is 5.64. The lowest BCUT2D eigenvalue weighted by Crippen LogP contribution is -2.26. The van der Waals surface area contributed by atoms with Crippen LogP contribution in [0.2, 0.25) is 10.0 Å². The van der Waals surface area contributed by atoms with Crippen LogP contribution in [0.1, 0.15) is 38.2 Å². The summed E-state index contributed by atoms with van der Waals surface area (Å²) in [6.45, 7) is 2.19. The molecule has 102 valence electrons. The van der Waals surface area contributed by atoms with Crippen molar-refractivity contribution in [3.8, 4) is 0 Å². The van der Waals surface area contributed by atoms with Crippen LogP contribution >= 0.6 is 23.2 Å². The van der Waals surface area contributed by atoms with Gasteiger partial charge in [-0.25, -0.2) is 0 Å². The van der Waals surface area contributed by atoms with E-state index in [-0.39, 0.29) is 6.10 Å². The average molecular weight is 298 g/mol. The molecule has 0 N–H and O–H groups in total. The molecule has 2 aliphatic rings. The summed E-state index contributed by atoms with van der Waals surface area (Å²) in [5.74, 6) is 0.994. The summed E-state index contributed by atoms with van der Waals surface area (Å²) >= 11 is 12.6. The van der Waals surface area contributed by atoms with E-state index in [9.17, 15) is 0 Å². The number of hydrogen-bond acceptors (Lipinski definition) is 2. The van der Waals surface area contributed by atoms with Gasteiger partial charge in [0, 0.05) is 11.5 Å². The number of hydrogen-bond donors (Lipinski definition) is 0. The Hall–Kier alpha value is -0.730. The third-order valence-electron chi connectivity index (χ3n) is 3.93. The second-order valence-corrected chi connectivity index (χ2v) is 6.19. The zero-order valence-electron chi connectivity index (χ0n) is 10.9. The Bertz CT molecular complexity index is 491. The van der Waals surface area contributed by atoms with Crippen molar-refractivity contribution >= 4 is 28.9 Å². The van der Waals surface area contributed by atoms with Crippen LogP contribution in [-0.4, -0.2) is 11.8 Å². The van der Waals surface area contributed by atoms with Crippen molar-refractivity contribution in [2.75, 3.05) is 0 Å². The number of benzene rings is 1. The average Bonchev–Trinajstić information content (AvgIpc) is 3.14. The molecule has 2 nitrogen and oxygen atoms in total. The lowest BCUT2D eigenvalue weighted by atomic mass is 9.86. The predicted molar refractivity (Wildman–Crippen MR) is 79.0 cm³/mol. The molecule has 1 saturated carbocycles. The molecule has 19 heavy (non-hydrogen) atoms. The maximum absolute atomic E-state index is 6.30. The first-order valence-electron chi connectivity index (χ1n) is 6.90. The first-order chi connectivity index (χ1) is 9.22. The Labute approximate surface area is 123 Å². The van der Waals surface area contributed by atoms with Gasteiger partial charge in [-0.3, -0.25) is 0 Å². The van der Waals surface area contributed by atoms with Crippen LogP contribution in [0.5, 0.6) is 0 Å². The molecule has 1 aromatic carbocycles. The third-order valence-corrected chi connectivity index (χ3v) is 4.56. The van der Waals surface area contributed by atoms with Crippen LogP contribution in [0.3, 0.4) is 0 Å². The zero-order valence-corrected chi connectivity index (χ0v) is 12.4. The van der Waals surface area contributed by atoms with Gasteiger partial charge in [0.1, 0.15) is 6.10 Å². The molecule has 1 fully saturated rings. The van der Waals surface area contributed by atoms with E-state index in [0.717, 1.165) is 24.1 Å². The minimum absolute atomic E-state index is 0.224. The monoisotopic (exact) mass is 297 g/mol. The number of oxime groups is 1. The minimum Gasteiger partial charge on any atom is -0.391 e. The molecule has 0 radical (unpaired) electrons. The minimum atomic E-state index is 0.224. The van der Waals surface area contributed by atoms with Crippen LogP contribution in [0.25, 0.3) is 0 Å². The molecule has 0 aromatic heterocycles. The molecule has 2 atom stereocenters. The Kier molecular flexibility index (Phi) is 3.72. The van der Waals surface area contributed by atoms with Crippen LogP contribution < -0.4 is 0 Å². The van der Waals surface area contributed by atoms with Gasteiger partial charge in [-0.2, -0.15) is 0 Å². The maximum atomic E-state index is 6.30. The largest absolute Gasteiger partial charge is 0.391 e. The normalized spacial score (nSPS) is 26.2. The maximum Gasteiger partial charge on any atom is 0.138 e. The smallest absolute Gasteiger partial charge is 0.138 e. The number of halogens is 2. The highest BCUT2D eigenvalue weighted by Gasteiger charge is 2.44. The summed E-state index contributed by atoms with van der Waals surface area (Å²) in [6, 6.07) is 5.58. The zero-order chi connectivity index (χ0) is 13.4. The van der Waals surface area contributed by atoms with Crippen LogP contribution in [-0.2, 0) is 4.84 Å². The van der Waals surface area contributed by atoms with Gasteiger partial charge >= 0.3 is 0 Å². The number of nitrogens with zero attached hydrogens (tertiary/aromatic N) is 1. The molecule has 1 aliphatic carbocycles. The van der Waals surface area contributed by atoms with Crippen LogP contribution in [0.4, 0.5) is 0 Å². The molecule has 4 heteroatoms. The van der Waals surface area contributed by atoms with Gasteiger partial charge in [0.15, 0.2) is 0 Å². The summed E-state index contributed by atoms with van der Waals surface area (Å²) in [7, 11) is 0. The predicted octanol–water partition coefficient (Wildman–Crippen LogP) is 4.92. The highest BCUT2D eigenvalue weighted by molar-refractivity contribution is 6.40. The van der Waals surface area contributed by atoms with E-state index in [2.05, 4.69) is 12.1 Å². The third kappa shape index (κ3) is 2.48. The lowest BCUT2D eigenvalue weighted by molar-refractivity contribution is 0.0434. The van der Waals surface area contributed by atoms with Crippen molar-refractivity contribution in [2.24, 2.45) is 17.0 Å². The first kappa shape index (κ1) is 13.3. The summed E-state index contributed by atoms with van der Waals surface area (Å²) < 4.78 is 0. The van der Waals surface area contributed by atoms with Crippen LogP contribution in [0.15, 0.2) is 23.4 Å². The molecule has 3 rings (SSSR count). The van der Waals surface area contributed by atoms with E-state index in [1.165, 1.54) is 12.8 Å². The van der Waals surface area contributed by atoms with E-state index < -0.39 is 0 Å². The summed E-state index contributed by atoms with van der Waals surface area (Å²) in [4.78, 5) is 5.69. The topological polar surface area (TPSA) is 21.6 Å². The van der Waals surface area contributed by atoms with Crippen molar-refractivity contribution in [1.29, 1.82) is 0 Å². The fourth-order valence-corrected chi connectivity index (χ4v) is 3.43. The van der Waals surface area contributed by atoms with Gasteiger partial charge in [0.2, 0.25) is 0 Å².